The lowest BCUT2D eigenvalue weighted by Crippen LogP contribution is -2.50. The number of esters is 2. The Morgan fingerprint density at radius 2 is 0.982 bits per heavy atom. The van der Waals surface area contributed by atoms with E-state index in [1.807, 2.05) is 21.1 Å². The van der Waals surface area contributed by atoms with Gasteiger partial charge in [0, 0.05) is 19.3 Å². The molecular formula is C49H86NO7+. The lowest BCUT2D eigenvalue weighted by Gasteiger charge is -2.31. The number of carbonyl (C=O) groups is 3. The van der Waals surface area contributed by atoms with Crippen molar-refractivity contribution in [1.29, 1.82) is 0 Å². The molecule has 2 atom stereocenters. The lowest BCUT2D eigenvalue weighted by molar-refractivity contribution is -0.887. The van der Waals surface area contributed by atoms with Crippen molar-refractivity contribution in [3.8, 4) is 0 Å². The van der Waals surface area contributed by atoms with E-state index in [-0.39, 0.29) is 36.2 Å². The molecule has 0 spiro atoms. The average Bonchev–Trinajstić information content (AvgIpc) is 3.17. The Morgan fingerprint density at radius 1 is 0.544 bits per heavy atom. The molecule has 0 aromatic rings. The van der Waals surface area contributed by atoms with Crippen molar-refractivity contribution in [2.45, 2.75) is 193 Å². The monoisotopic (exact) mass is 801 g/mol. The van der Waals surface area contributed by atoms with Gasteiger partial charge < -0.3 is 23.8 Å². The van der Waals surface area contributed by atoms with Gasteiger partial charge in [0.15, 0.2) is 12.1 Å². The SMILES string of the molecule is CC/C=C/C=C/C=C/CCCCCCCCCC(=O)OC(COCCC(C(=O)O)[N+](C)(C)C)COC(=O)CCCCCCC/C=C/C=C/CCCCCCCCC. The standard InChI is InChI=1S/C49H85NO7/c1-6-8-10-12-14-16-18-20-22-23-24-26-27-29-31-33-35-37-39-47(51)56-44-45(43-55-42-41-46(49(53)54)50(3,4)5)57-48(52)40-38-36-34-32-30-28-25-21-19-17-15-13-11-9-7-2/h9,11,13,15,17,19,22-24,26,45-46H,6-8,10,12,14,16,18,20-21,25,27-44H2,1-5H3/p+1/b11-9+,15-13+,19-17+,23-22+,26-24+. The zero-order valence-corrected chi connectivity index (χ0v) is 37.3. The number of hydrogen-bond donors (Lipinski definition) is 1. The highest BCUT2D eigenvalue weighted by molar-refractivity contribution is 5.72. The number of likely N-dealkylation sites (N-methyl/N-ethyl adjacent to an activating group) is 1. The molecule has 0 radical (unpaired) electrons. The third-order valence-corrected chi connectivity index (χ3v) is 9.99. The maximum absolute atomic E-state index is 12.7. The van der Waals surface area contributed by atoms with Crippen molar-refractivity contribution in [3.05, 3.63) is 60.8 Å². The predicted molar refractivity (Wildman–Crippen MR) is 238 cm³/mol. The van der Waals surface area contributed by atoms with Crippen molar-refractivity contribution >= 4 is 17.9 Å². The van der Waals surface area contributed by atoms with Gasteiger partial charge in [-0.05, 0) is 57.8 Å². The van der Waals surface area contributed by atoms with Crippen LogP contribution in [0.5, 0.6) is 0 Å². The lowest BCUT2D eigenvalue weighted by atomic mass is 10.1. The Labute approximate surface area is 349 Å². The molecule has 1 N–H and O–H groups in total. The maximum Gasteiger partial charge on any atom is 0.362 e. The minimum Gasteiger partial charge on any atom is -0.477 e. The maximum atomic E-state index is 12.7. The van der Waals surface area contributed by atoms with Crippen molar-refractivity contribution in [3.63, 3.8) is 0 Å². The quantitative estimate of drug-likeness (QED) is 0.0285. The minimum atomic E-state index is -0.881. The summed E-state index contributed by atoms with van der Waals surface area (Å²) in [5.74, 6) is -1.51. The van der Waals surface area contributed by atoms with E-state index in [1.54, 1.807) is 0 Å². The predicted octanol–water partition coefficient (Wildman–Crippen LogP) is 12.6. The average molecular weight is 801 g/mol. The summed E-state index contributed by atoms with van der Waals surface area (Å²) in [7, 11) is 5.51. The second-order valence-electron chi connectivity index (χ2n) is 16.4. The Hall–Kier alpha value is -2.97. The Kier molecular flexibility index (Phi) is 37.8. The van der Waals surface area contributed by atoms with Crippen molar-refractivity contribution in [2.75, 3.05) is 41.0 Å². The van der Waals surface area contributed by atoms with Crippen LogP contribution in [0.4, 0.5) is 0 Å². The number of quaternary nitrogens is 1. The number of nitrogens with zero attached hydrogens (tertiary/aromatic N) is 1. The Bertz CT molecular complexity index is 1120. The van der Waals surface area contributed by atoms with E-state index in [0.29, 0.717) is 19.3 Å². The molecule has 0 aromatic carbocycles. The molecule has 0 amide bonds. The van der Waals surface area contributed by atoms with E-state index in [1.165, 1.54) is 70.6 Å². The van der Waals surface area contributed by atoms with Gasteiger partial charge in [-0.25, -0.2) is 4.79 Å². The van der Waals surface area contributed by atoms with Gasteiger partial charge in [-0.1, -0.05) is 164 Å². The van der Waals surface area contributed by atoms with Gasteiger partial charge in [0.2, 0.25) is 0 Å². The van der Waals surface area contributed by atoms with Gasteiger partial charge in [-0.15, -0.1) is 0 Å². The normalized spacial score (nSPS) is 13.5. The van der Waals surface area contributed by atoms with Gasteiger partial charge in [0.05, 0.1) is 34.4 Å². The van der Waals surface area contributed by atoms with Gasteiger partial charge >= 0.3 is 17.9 Å². The number of aliphatic carboxylic acids is 1. The summed E-state index contributed by atoms with van der Waals surface area (Å²) in [5, 5.41) is 9.62. The topological polar surface area (TPSA) is 99.1 Å². The van der Waals surface area contributed by atoms with Gasteiger partial charge in [-0.3, -0.25) is 9.59 Å². The molecule has 2 unspecified atom stereocenters. The van der Waals surface area contributed by atoms with Crippen LogP contribution in [0.2, 0.25) is 0 Å². The van der Waals surface area contributed by atoms with Gasteiger partial charge in [-0.2, -0.15) is 0 Å². The first kappa shape index (κ1) is 54.0. The molecule has 8 nitrogen and oxygen atoms in total. The molecule has 328 valence electrons. The number of carboxylic acid groups (broad SMARTS) is 1. The molecule has 0 bridgehead atoms. The highest BCUT2D eigenvalue weighted by atomic mass is 16.6. The molecule has 0 saturated carbocycles. The van der Waals surface area contributed by atoms with Crippen LogP contribution in [0.1, 0.15) is 181 Å². The van der Waals surface area contributed by atoms with Crippen LogP contribution in [0.3, 0.4) is 0 Å². The van der Waals surface area contributed by atoms with Crippen LogP contribution in [-0.4, -0.2) is 80.6 Å². The number of allylic oxidation sites excluding steroid dienone is 10. The molecule has 0 saturated heterocycles. The van der Waals surface area contributed by atoms with Crippen molar-refractivity contribution in [1.82, 2.24) is 0 Å². The molecule has 0 aliphatic carbocycles. The van der Waals surface area contributed by atoms with Crippen molar-refractivity contribution in [2.24, 2.45) is 0 Å². The van der Waals surface area contributed by atoms with Crippen LogP contribution in [0.25, 0.3) is 0 Å². The summed E-state index contributed by atoms with van der Waals surface area (Å²) in [5.41, 5.74) is 0. The van der Waals surface area contributed by atoms with E-state index in [9.17, 15) is 19.5 Å². The second kappa shape index (κ2) is 39.8. The molecule has 0 aromatic heterocycles. The molecule has 0 fully saturated rings. The van der Waals surface area contributed by atoms with Crippen LogP contribution >= 0.6 is 0 Å². The smallest absolute Gasteiger partial charge is 0.362 e. The highest BCUT2D eigenvalue weighted by Crippen LogP contribution is 2.14. The summed E-state index contributed by atoms with van der Waals surface area (Å²) in [6.45, 7) is 4.57. The molecule has 8 heteroatoms. The molecule has 0 heterocycles. The summed E-state index contributed by atoms with van der Waals surface area (Å²) in [4.78, 5) is 37.0. The number of ether oxygens (including phenoxy) is 3. The first-order valence-electron chi connectivity index (χ1n) is 22.9. The first-order valence-corrected chi connectivity index (χ1v) is 22.9. The third kappa shape index (κ3) is 38.3. The molecule has 0 aliphatic rings. The summed E-state index contributed by atoms with van der Waals surface area (Å²) < 4.78 is 17.3. The number of carbonyl (C=O) groups excluding carboxylic acids is 2. The van der Waals surface area contributed by atoms with E-state index in [0.717, 1.165) is 77.0 Å². The van der Waals surface area contributed by atoms with E-state index in [2.05, 4.69) is 74.6 Å². The summed E-state index contributed by atoms with van der Waals surface area (Å²) >= 11 is 0. The Balaban J connectivity index is 4.37. The van der Waals surface area contributed by atoms with E-state index < -0.39 is 18.1 Å². The number of hydrogen-bond acceptors (Lipinski definition) is 6. The zero-order chi connectivity index (χ0) is 42.1. The number of carboxylic acids is 1. The van der Waals surface area contributed by atoms with Crippen LogP contribution in [-0.2, 0) is 28.6 Å². The van der Waals surface area contributed by atoms with E-state index in [4.69, 9.17) is 14.2 Å². The summed E-state index contributed by atoms with van der Waals surface area (Å²) in [6, 6.07) is -0.621. The molecular weight excluding hydrogens is 715 g/mol. The van der Waals surface area contributed by atoms with Crippen LogP contribution in [0.15, 0.2) is 60.8 Å². The van der Waals surface area contributed by atoms with E-state index >= 15 is 0 Å². The number of unbranched alkanes of at least 4 members (excludes halogenated alkanes) is 19. The molecule has 57 heavy (non-hydrogen) atoms. The van der Waals surface area contributed by atoms with Gasteiger partial charge in [0.1, 0.15) is 6.61 Å². The first-order chi connectivity index (χ1) is 27.6. The second-order valence-corrected chi connectivity index (χ2v) is 16.4. The fraction of sp³-hybridized carbons (Fsp3) is 0.735. The summed E-state index contributed by atoms with van der Waals surface area (Å²) in [6.07, 6.45) is 48.3. The highest BCUT2D eigenvalue weighted by Gasteiger charge is 2.31. The molecule has 0 aliphatic heterocycles. The largest absolute Gasteiger partial charge is 0.477 e. The fourth-order valence-electron chi connectivity index (χ4n) is 6.43. The van der Waals surface area contributed by atoms with Crippen LogP contribution < -0.4 is 0 Å². The third-order valence-electron chi connectivity index (χ3n) is 9.99. The van der Waals surface area contributed by atoms with Gasteiger partial charge in [0.25, 0.3) is 0 Å². The molecule has 0 rings (SSSR count). The zero-order valence-electron chi connectivity index (χ0n) is 37.3. The number of rotatable bonds is 40. The minimum absolute atomic E-state index is 0.0489. The Morgan fingerprint density at radius 3 is 1.46 bits per heavy atom. The fourth-order valence-corrected chi connectivity index (χ4v) is 6.43. The van der Waals surface area contributed by atoms with Crippen LogP contribution in [0, 0.1) is 0 Å². The van der Waals surface area contributed by atoms with Crippen molar-refractivity contribution < 1.29 is 38.2 Å².